The topological polar surface area (TPSA) is 26.3 Å². The molecular weight excluding hydrogens is 279 g/mol. The van der Waals surface area contributed by atoms with E-state index >= 15 is 0 Å². The molecule has 0 N–H and O–H groups in total. The number of carbonyl (C=O) groups is 1. The first-order valence-corrected chi connectivity index (χ1v) is 7.30. The molecule has 0 aliphatic rings. The Morgan fingerprint density at radius 2 is 1.73 bits per heavy atom. The molecule has 0 saturated heterocycles. The SMILES string of the molecule is Cc1ccc(COc2ccc(C(=O)C(C)(C)C)cc2F)cc1. The quantitative estimate of drug-likeness (QED) is 0.747. The first kappa shape index (κ1) is 16.2. The highest BCUT2D eigenvalue weighted by Gasteiger charge is 2.23. The molecule has 2 aromatic rings. The van der Waals surface area contributed by atoms with Crippen LogP contribution in [0.1, 0.15) is 42.3 Å². The van der Waals surface area contributed by atoms with Crippen LogP contribution in [0.3, 0.4) is 0 Å². The minimum atomic E-state index is -0.531. The Hall–Kier alpha value is -2.16. The van der Waals surface area contributed by atoms with Crippen LogP contribution in [0.4, 0.5) is 4.39 Å². The summed E-state index contributed by atoms with van der Waals surface area (Å²) < 4.78 is 19.6. The van der Waals surface area contributed by atoms with Crippen molar-refractivity contribution >= 4 is 5.78 Å². The summed E-state index contributed by atoms with van der Waals surface area (Å²) in [6, 6.07) is 12.2. The Bertz CT molecular complexity index is 667. The zero-order valence-electron chi connectivity index (χ0n) is 13.4. The Labute approximate surface area is 130 Å². The zero-order chi connectivity index (χ0) is 16.3. The van der Waals surface area contributed by atoms with Gasteiger partial charge < -0.3 is 4.74 Å². The van der Waals surface area contributed by atoms with Gasteiger partial charge in [0, 0.05) is 11.0 Å². The first-order valence-electron chi connectivity index (χ1n) is 7.30. The fraction of sp³-hybridized carbons (Fsp3) is 0.316. The number of ketones is 1. The third-order valence-electron chi connectivity index (χ3n) is 3.39. The van der Waals surface area contributed by atoms with Gasteiger partial charge in [-0.3, -0.25) is 4.79 Å². The van der Waals surface area contributed by atoms with Crippen LogP contribution in [0.15, 0.2) is 42.5 Å². The van der Waals surface area contributed by atoms with Crippen LogP contribution in [0.5, 0.6) is 5.75 Å². The Kier molecular flexibility index (Phi) is 4.65. The number of halogens is 1. The number of carbonyl (C=O) groups excluding carboxylic acids is 1. The minimum Gasteiger partial charge on any atom is -0.486 e. The highest BCUT2D eigenvalue weighted by molar-refractivity contribution is 5.99. The van der Waals surface area contributed by atoms with Crippen LogP contribution in [0, 0.1) is 18.2 Å². The van der Waals surface area contributed by atoms with Crippen LogP contribution in [-0.4, -0.2) is 5.78 Å². The molecule has 0 unspecified atom stereocenters. The number of aryl methyl sites for hydroxylation is 1. The molecule has 0 saturated carbocycles. The number of hydrogen-bond donors (Lipinski definition) is 0. The summed E-state index contributed by atoms with van der Waals surface area (Å²) in [5, 5.41) is 0. The van der Waals surface area contributed by atoms with Crippen molar-refractivity contribution in [2.24, 2.45) is 5.41 Å². The van der Waals surface area contributed by atoms with Crippen molar-refractivity contribution in [2.45, 2.75) is 34.3 Å². The molecule has 0 radical (unpaired) electrons. The van der Waals surface area contributed by atoms with Gasteiger partial charge in [0.25, 0.3) is 0 Å². The van der Waals surface area contributed by atoms with E-state index in [9.17, 15) is 9.18 Å². The zero-order valence-corrected chi connectivity index (χ0v) is 13.4. The van der Waals surface area contributed by atoms with Gasteiger partial charge in [0.1, 0.15) is 6.61 Å². The van der Waals surface area contributed by atoms with Crippen LogP contribution in [0.2, 0.25) is 0 Å². The summed E-state index contributed by atoms with van der Waals surface area (Å²) in [7, 11) is 0. The second-order valence-electron chi connectivity index (χ2n) is 6.50. The molecule has 0 fully saturated rings. The largest absolute Gasteiger partial charge is 0.486 e. The van der Waals surface area contributed by atoms with E-state index in [0.717, 1.165) is 5.56 Å². The first-order chi connectivity index (χ1) is 10.3. The van der Waals surface area contributed by atoms with E-state index in [2.05, 4.69) is 0 Å². The Morgan fingerprint density at radius 3 is 2.27 bits per heavy atom. The van der Waals surface area contributed by atoms with Crippen molar-refractivity contribution in [3.05, 3.63) is 65.0 Å². The lowest BCUT2D eigenvalue weighted by Crippen LogP contribution is -2.20. The number of hydrogen-bond acceptors (Lipinski definition) is 2. The van der Waals surface area contributed by atoms with Gasteiger partial charge >= 0.3 is 0 Å². The van der Waals surface area contributed by atoms with Crippen molar-refractivity contribution in [1.29, 1.82) is 0 Å². The molecule has 0 aliphatic heterocycles. The summed E-state index contributed by atoms with van der Waals surface area (Å²) in [6.45, 7) is 7.75. The van der Waals surface area contributed by atoms with Gasteiger partial charge in [-0.25, -0.2) is 4.39 Å². The molecule has 2 rings (SSSR count). The summed E-state index contributed by atoms with van der Waals surface area (Å²) in [6.07, 6.45) is 0. The second-order valence-corrected chi connectivity index (χ2v) is 6.50. The van der Waals surface area contributed by atoms with Crippen LogP contribution >= 0.6 is 0 Å². The predicted octanol–water partition coefficient (Wildman–Crippen LogP) is 4.94. The van der Waals surface area contributed by atoms with E-state index in [-0.39, 0.29) is 11.5 Å². The van der Waals surface area contributed by atoms with E-state index in [1.54, 1.807) is 6.07 Å². The van der Waals surface area contributed by atoms with E-state index < -0.39 is 11.2 Å². The number of Topliss-reactive ketones (excluding diaryl/α,β-unsaturated/α-hetero) is 1. The summed E-state index contributed by atoms with van der Waals surface area (Å²) in [5.41, 5.74) is 1.98. The molecule has 2 aromatic carbocycles. The van der Waals surface area contributed by atoms with Crippen LogP contribution in [-0.2, 0) is 6.61 Å². The minimum absolute atomic E-state index is 0.0866. The fourth-order valence-corrected chi connectivity index (χ4v) is 2.04. The monoisotopic (exact) mass is 300 g/mol. The van der Waals surface area contributed by atoms with Crippen LogP contribution < -0.4 is 4.74 Å². The molecular formula is C19H21FO2. The van der Waals surface area contributed by atoms with Gasteiger partial charge in [0.2, 0.25) is 0 Å². The maximum atomic E-state index is 14.1. The van der Waals surface area contributed by atoms with Gasteiger partial charge in [-0.15, -0.1) is 0 Å². The van der Waals surface area contributed by atoms with Crippen LogP contribution in [0.25, 0.3) is 0 Å². The molecule has 0 heterocycles. The third-order valence-corrected chi connectivity index (χ3v) is 3.39. The van der Waals surface area contributed by atoms with Crippen molar-refractivity contribution in [2.75, 3.05) is 0 Å². The summed E-state index contributed by atoms with van der Waals surface area (Å²) in [4.78, 5) is 12.1. The maximum absolute atomic E-state index is 14.1. The number of ether oxygens (including phenoxy) is 1. The molecule has 0 aliphatic carbocycles. The van der Waals surface area contributed by atoms with Gasteiger partial charge in [0.15, 0.2) is 17.3 Å². The standard InChI is InChI=1S/C19H21FO2/c1-13-5-7-14(8-6-13)12-22-17-10-9-15(11-16(17)20)18(21)19(2,3)4/h5-11H,12H2,1-4H3. The maximum Gasteiger partial charge on any atom is 0.168 e. The van der Waals surface area contributed by atoms with Gasteiger partial charge in [-0.05, 0) is 30.7 Å². The van der Waals surface area contributed by atoms with E-state index in [0.29, 0.717) is 12.2 Å². The molecule has 0 aromatic heterocycles. The predicted molar refractivity (Wildman–Crippen MR) is 85.7 cm³/mol. The van der Waals surface area contributed by atoms with Crippen molar-refractivity contribution in [3.8, 4) is 5.75 Å². The van der Waals surface area contributed by atoms with Gasteiger partial charge in [0.05, 0.1) is 0 Å². The summed E-state index contributed by atoms with van der Waals surface area (Å²) >= 11 is 0. The normalized spacial score (nSPS) is 11.3. The Morgan fingerprint density at radius 1 is 1.09 bits per heavy atom. The molecule has 0 amide bonds. The lowest BCUT2D eigenvalue weighted by atomic mass is 9.86. The lowest BCUT2D eigenvalue weighted by molar-refractivity contribution is 0.0857. The van der Waals surface area contributed by atoms with Gasteiger partial charge in [-0.1, -0.05) is 50.6 Å². The molecule has 116 valence electrons. The van der Waals surface area contributed by atoms with Crippen molar-refractivity contribution < 1.29 is 13.9 Å². The van der Waals surface area contributed by atoms with Crippen molar-refractivity contribution in [1.82, 2.24) is 0 Å². The Balaban J connectivity index is 2.10. The number of benzene rings is 2. The third kappa shape index (κ3) is 3.94. The van der Waals surface area contributed by atoms with E-state index in [1.165, 1.54) is 17.7 Å². The molecule has 3 heteroatoms. The highest BCUT2D eigenvalue weighted by Crippen LogP contribution is 2.25. The average molecular weight is 300 g/mol. The molecule has 0 bridgehead atoms. The lowest BCUT2D eigenvalue weighted by Gasteiger charge is -2.17. The average Bonchev–Trinajstić information content (AvgIpc) is 2.46. The number of rotatable bonds is 4. The highest BCUT2D eigenvalue weighted by atomic mass is 19.1. The molecule has 2 nitrogen and oxygen atoms in total. The van der Waals surface area contributed by atoms with E-state index in [4.69, 9.17) is 4.74 Å². The second kappa shape index (κ2) is 6.30. The fourth-order valence-electron chi connectivity index (χ4n) is 2.04. The molecule has 22 heavy (non-hydrogen) atoms. The summed E-state index contributed by atoms with van der Waals surface area (Å²) in [5.74, 6) is -0.440. The smallest absolute Gasteiger partial charge is 0.168 e. The van der Waals surface area contributed by atoms with Crippen molar-refractivity contribution in [3.63, 3.8) is 0 Å². The molecule has 0 spiro atoms. The van der Waals surface area contributed by atoms with E-state index in [1.807, 2.05) is 52.0 Å². The van der Waals surface area contributed by atoms with Gasteiger partial charge in [-0.2, -0.15) is 0 Å². The molecule has 0 atom stereocenters.